The van der Waals surface area contributed by atoms with Crippen LogP contribution in [0.25, 0.3) is 0 Å². The van der Waals surface area contributed by atoms with Crippen LogP contribution < -0.4 is 4.90 Å². The van der Waals surface area contributed by atoms with Gasteiger partial charge < -0.3 is 4.90 Å². The lowest BCUT2D eigenvalue weighted by atomic mass is 9.63. The van der Waals surface area contributed by atoms with Crippen molar-refractivity contribution in [2.75, 3.05) is 4.90 Å². The zero-order chi connectivity index (χ0) is 23.5. The van der Waals surface area contributed by atoms with Crippen LogP contribution in [0.4, 0.5) is 5.69 Å². The first kappa shape index (κ1) is 22.3. The molecule has 2 heterocycles. The van der Waals surface area contributed by atoms with Crippen LogP contribution in [-0.4, -0.2) is 16.6 Å². The van der Waals surface area contributed by atoms with Gasteiger partial charge in [0.25, 0.3) is 0 Å². The summed E-state index contributed by atoms with van der Waals surface area (Å²) in [5, 5.41) is 0. The van der Waals surface area contributed by atoms with Gasteiger partial charge in [0.1, 0.15) is 0 Å². The van der Waals surface area contributed by atoms with Crippen LogP contribution in [0.5, 0.6) is 0 Å². The molecule has 1 aromatic carbocycles. The average Bonchev–Trinajstić information content (AvgIpc) is 2.72. The molecule has 0 fully saturated rings. The number of benzene rings is 1. The number of Topliss-reactive ketones (excluding diaryl/α,β-unsaturated/α-hetero) is 2. The highest BCUT2D eigenvalue weighted by Crippen LogP contribution is 2.55. The number of hydrogen-bond acceptors (Lipinski definition) is 4. The Morgan fingerprint density at radius 3 is 1.88 bits per heavy atom. The maximum absolute atomic E-state index is 13.7. The van der Waals surface area contributed by atoms with E-state index < -0.39 is 0 Å². The Morgan fingerprint density at radius 1 is 0.848 bits per heavy atom. The van der Waals surface area contributed by atoms with E-state index in [9.17, 15) is 9.59 Å². The summed E-state index contributed by atoms with van der Waals surface area (Å²) in [6.07, 6.45) is 6.13. The van der Waals surface area contributed by atoms with Gasteiger partial charge in [0, 0.05) is 52.0 Å². The second-order valence-corrected chi connectivity index (χ2v) is 12.0. The Hall–Kier alpha value is -2.53. The molecule has 5 rings (SSSR count). The van der Waals surface area contributed by atoms with E-state index in [1.54, 1.807) is 6.20 Å². The maximum atomic E-state index is 13.7. The molecule has 4 nitrogen and oxygen atoms in total. The monoisotopic (exact) mass is 504 g/mol. The van der Waals surface area contributed by atoms with Crippen molar-refractivity contribution in [1.82, 2.24) is 4.98 Å². The standard InChI is InChI=1S/C28H29BrN2O2/c1-27(2)12-20-25(22(32)14-27)24(17-7-9-18(29)10-8-17)26-21(13-28(3,4)15-23(26)33)31(20)19-6-5-11-30-16-19/h5-11,16,24H,12-15H2,1-4H3. The summed E-state index contributed by atoms with van der Waals surface area (Å²) in [4.78, 5) is 34.0. The Labute approximate surface area is 203 Å². The van der Waals surface area contributed by atoms with Crippen LogP contribution in [0.15, 0.2) is 75.8 Å². The molecule has 0 bridgehead atoms. The van der Waals surface area contributed by atoms with Gasteiger partial charge in [-0.15, -0.1) is 0 Å². The van der Waals surface area contributed by atoms with Gasteiger partial charge >= 0.3 is 0 Å². The number of nitrogens with zero attached hydrogens (tertiary/aromatic N) is 2. The largest absolute Gasteiger partial charge is 0.315 e. The van der Waals surface area contributed by atoms with Gasteiger partial charge in [-0.25, -0.2) is 0 Å². The lowest BCUT2D eigenvalue weighted by Gasteiger charge is -2.49. The van der Waals surface area contributed by atoms with Crippen molar-refractivity contribution < 1.29 is 9.59 Å². The van der Waals surface area contributed by atoms with E-state index in [1.807, 2.05) is 42.6 Å². The maximum Gasteiger partial charge on any atom is 0.162 e. The topological polar surface area (TPSA) is 50.3 Å². The number of halogens is 1. The average molecular weight is 505 g/mol. The van der Waals surface area contributed by atoms with Crippen LogP contribution in [0.2, 0.25) is 0 Å². The van der Waals surface area contributed by atoms with Crippen molar-refractivity contribution in [1.29, 1.82) is 0 Å². The van der Waals surface area contributed by atoms with Gasteiger partial charge in [0.05, 0.1) is 11.9 Å². The number of rotatable bonds is 2. The van der Waals surface area contributed by atoms with Crippen LogP contribution in [0, 0.1) is 10.8 Å². The Bertz CT molecular complexity index is 1150. The first-order valence-electron chi connectivity index (χ1n) is 11.5. The second kappa shape index (κ2) is 7.76. The third-order valence-electron chi connectivity index (χ3n) is 7.02. The molecule has 170 valence electrons. The van der Waals surface area contributed by atoms with Gasteiger partial charge in [-0.3, -0.25) is 14.6 Å². The van der Waals surface area contributed by atoms with E-state index in [1.165, 1.54) is 0 Å². The van der Waals surface area contributed by atoms with Crippen molar-refractivity contribution in [3.8, 4) is 0 Å². The zero-order valence-corrected chi connectivity index (χ0v) is 21.2. The van der Waals surface area contributed by atoms with Gasteiger partial charge in [0.2, 0.25) is 0 Å². The van der Waals surface area contributed by atoms with E-state index in [2.05, 4.69) is 53.5 Å². The predicted molar refractivity (Wildman–Crippen MR) is 134 cm³/mol. The molecule has 0 atom stereocenters. The van der Waals surface area contributed by atoms with Crippen molar-refractivity contribution in [3.63, 3.8) is 0 Å². The summed E-state index contributed by atoms with van der Waals surface area (Å²) in [5.74, 6) is -0.0253. The molecule has 33 heavy (non-hydrogen) atoms. The summed E-state index contributed by atoms with van der Waals surface area (Å²) in [6, 6.07) is 12.0. The van der Waals surface area contributed by atoms with Gasteiger partial charge in [-0.05, 0) is 53.5 Å². The number of ketones is 2. The lowest BCUT2D eigenvalue weighted by Crippen LogP contribution is -2.44. The molecule has 1 aromatic heterocycles. The van der Waals surface area contributed by atoms with E-state index in [-0.39, 0.29) is 28.3 Å². The number of carbonyl (C=O) groups excluding carboxylic acids is 2. The van der Waals surface area contributed by atoms with Gasteiger partial charge in [0.15, 0.2) is 11.6 Å². The first-order chi connectivity index (χ1) is 15.6. The first-order valence-corrected chi connectivity index (χ1v) is 12.3. The van der Waals surface area contributed by atoms with Gasteiger partial charge in [-0.1, -0.05) is 55.8 Å². The summed E-state index contributed by atoms with van der Waals surface area (Å²) >= 11 is 3.53. The fourth-order valence-electron chi connectivity index (χ4n) is 5.75. The molecule has 0 radical (unpaired) electrons. The smallest absolute Gasteiger partial charge is 0.162 e. The van der Waals surface area contributed by atoms with Crippen molar-refractivity contribution in [3.05, 3.63) is 81.4 Å². The zero-order valence-electron chi connectivity index (χ0n) is 19.6. The van der Waals surface area contributed by atoms with Crippen LogP contribution in [0.1, 0.15) is 64.9 Å². The van der Waals surface area contributed by atoms with Crippen LogP contribution in [-0.2, 0) is 9.59 Å². The second-order valence-electron chi connectivity index (χ2n) is 11.1. The molecule has 0 unspecified atom stereocenters. The highest BCUT2D eigenvalue weighted by molar-refractivity contribution is 9.10. The molecular formula is C28H29BrN2O2. The summed E-state index contributed by atoms with van der Waals surface area (Å²) in [6.45, 7) is 8.63. The minimum Gasteiger partial charge on any atom is -0.315 e. The summed E-state index contributed by atoms with van der Waals surface area (Å²) < 4.78 is 0.981. The van der Waals surface area contributed by atoms with Crippen molar-refractivity contribution in [2.45, 2.75) is 59.3 Å². The van der Waals surface area contributed by atoms with E-state index in [0.29, 0.717) is 12.8 Å². The normalized spacial score (nSPS) is 22.4. The Balaban J connectivity index is 1.82. The number of anilines is 1. The molecule has 3 aliphatic rings. The SMILES string of the molecule is CC1(C)CC(=O)C2=C(C1)N(c1cccnc1)C1=C(C(=O)CC(C)(C)C1)C2c1ccc(Br)cc1. The minimum atomic E-state index is -0.316. The third kappa shape index (κ3) is 3.90. The molecule has 2 aliphatic carbocycles. The van der Waals surface area contributed by atoms with E-state index in [4.69, 9.17) is 0 Å². The number of hydrogen-bond donors (Lipinski definition) is 0. The molecule has 0 N–H and O–H groups in total. The molecule has 5 heteroatoms. The minimum absolute atomic E-state index is 0.146. The number of pyridine rings is 1. The van der Waals surface area contributed by atoms with Crippen molar-refractivity contribution in [2.24, 2.45) is 10.8 Å². The number of carbonyl (C=O) groups is 2. The molecular weight excluding hydrogens is 476 g/mol. The summed E-state index contributed by atoms with van der Waals surface area (Å²) in [7, 11) is 0. The fourth-order valence-corrected chi connectivity index (χ4v) is 6.02. The Kier molecular flexibility index (Phi) is 5.24. The van der Waals surface area contributed by atoms with Crippen LogP contribution >= 0.6 is 15.9 Å². The third-order valence-corrected chi connectivity index (χ3v) is 7.55. The van der Waals surface area contributed by atoms with E-state index >= 15 is 0 Å². The lowest BCUT2D eigenvalue weighted by molar-refractivity contribution is -0.119. The molecule has 1 aliphatic heterocycles. The quantitative estimate of drug-likeness (QED) is 0.454. The molecule has 0 saturated heterocycles. The number of allylic oxidation sites excluding steroid dienone is 4. The number of aromatic nitrogens is 1. The van der Waals surface area contributed by atoms with Crippen LogP contribution in [0.3, 0.4) is 0 Å². The molecule has 0 saturated carbocycles. The highest BCUT2D eigenvalue weighted by atomic mass is 79.9. The molecule has 0 spiro atoms. The van der Waals surface area contributed by atoms with Crippen molar-refractivity contribution >= 4 is 33.2 Å². The van der Waals surface area contributed by atoms with E-state index in [0.717, 1.165) is 51.1 Å². The molecule has 0 amide bonds. The Morgan fingerprint density at radius 2 is 1.39 bits per heavy atom. The highest BCUT2D eigenvalue weighted by Gasteiger charge is 2.49. The van der Waals surface area contributed by atoms with Gasteiger partial charge in [-0.2, -0.15) is 0 Å². The summed E-state index contributed by atoms with van der Waals surface area (Å²) in [5.41, 5.74) is 5.26. The fraction of sp³-hybridized carbons (Fsp3) is 0.393. The predicted octanol–water partition coefficient (Wildman–Crippen LogP) is 6.73. The molecule has 2 aromatic rings.